The van der Waals surface area contributed by atoms with Crippen LogP contribution in [-0.2, 0) is 10.3 Å². The van der Waals surface area contributed by atoms with Gasteiger partial charge in [0.15, 0.2) is 0 Å². The van der Waals surface area contributed by atoms with E-state index >= 15 is 0 Å². The lowest BCUT2D eigenvalue weighted by Crippen LogP contribution is -2.68. The van der Waals surface area contributed by atoms with Crippen molar-refractivity contribution in [1.29, 1.82) is 0 Å². The van der Waals surface area contributed by atoms with E-state index in [9.17, 15) is 10.0 Å². The van der Waals surface area contributed by atoms with Crippen LogP contribution in [0, 0.1) is 0 Å². The van der Waals surface area contributed by atoms with E-state index in [4.69, 9.17) is 4.74 Å². The molecule has 0 aliphatic carbocycles. The van der Waals surface area contributed by atoms with Gasteiger partial charge in [-0.25, -0.2) is 4.79 Å². The highest BCUT2D eigenvalue weighted by molar-refractivity contribution is 5.81. The van der Waals surface area contributed by atoms with Crippen molar-refractivity contribution in [2.24, 2.45) is 5.16 Å². The van der Waals surface area contributed by atoms with Crippen LogP contribution in [0.5, 0.6) is 0 Å². The van der Waals surface area contributed by atoms with Gasteiger partial charge in [-0.2, -0.15) is 0 Å². The van der Waals surface area contributed by atoms with Crippen LogP contribution in [0.15, 0.2) is 96.2 Å². The van der Waals surface area contributed by atoms with E-state index in [-0.39, 0.29) is 12.1 Å². The summed E-state index contributed by atoms with van der Waals surface area (Å²) >= 11 is 0. The molecule has 0 aromatic heterocycles. The molecule has 2 bridgehead atoms. The summed E-state index contributed by atoms with van der Waals surface area (Å²) in [7, 11) is 0. The number of ether oxygens (including phenoxy) is 1. The average Bonchev–Trinajstić information content (AvgIpc) is 3.12. The minimum Gasteiger partial charge on any atom is -0.444 e. The molecule has 6 heteroatoms. The predicted octanol–water partition coefficient (Wildman–Crippen LogP) is 5.89. The fraction of sp³-hybridized carbons (Fsp3) is 0.355. The second kappa shape index (κ2) is 9.67. The molecule has 2 saturated heterocycles. The maximum absolute atomic E-state index is 13.5. The highest BCUT2D eigenvalue weighted by Crippen LogP contribution is 2.48. The van der Waals surface area contributed by atoms with Gasteiger partial charge in [-0.05, 0) is 50.3 Å². The highest BCUT2D eigenvalue weighted by Gasteiger charge is 2.58. The van der Waals surface area contributed by atoms with Crippen molar-refractivity contribution in [3.63, 3.8) is 0 Å². The van der Waals surface area contributed by atoms with E-state index in [0.717, 1.165) is 23.1 Å². The molecule has 2 aliphatic heterocycles. The maximum Gasteiger partial charge on any atom is 0.411 e. The third-order valence-corrected chi connectivity index (χ3v) is 7.59. The first kappa shape index (κ1) is 25.0. The molecule has 2 heterocycles. The van der Waals surface area contributed by atoms with Crippen molar-refractivity contribution in [3.05, 3.63) is 108 Å². The zero-order valence-corrected chi connectivity index (χ0v) is 21.7. The number of hydrogen-bond acceptors (Lipinski definition) is 5. The summed E-state index contributed by atoms with van der Waals surface area (Å²) in [5.41, 5.74) is 1.42. The first-order valence-corrected chi connectivity index (χ1v) is 12.9. The Morgan fingerprint density at radius 2 is 1.41 bits per heavy atom. The van der Waals surface area contributed by atoms with Crippen LogP contribution in [0.1, 0.15) is 50.3 Å². The lowest BCUT2D eigenvalue weighted by molar-refractivity contribution is -0.0292. The van der Waals surface area contributed by atoms with Crippen molar-refractivity contribution >= 4 is 12.3 Å². The summed E-state index contributed by atoms with van der Waals surface area (Å²) < 4.78 is 5.83. The van der Waals surface area contributed by atoms with Gasteiger partial charge in [-0.3, -0.25) is 9.80 Å². The van der Waals surface area contributed by atoms with E-state index in [1.807, 2.05) is 43.9 Å². The smallest absolute Gasteiger partial charge is 0.411 e. The quantitative estimate of drug-likeness (QED) is 0.207. The molecule has 5 rings (SSSR count). The minimum atomic E-state index is -0.788. The van der Waals surface area contributed by atoms with Crippen LogP contribution in [-0.4, -0.2) is 57.6 Å². The largest absolute Gasteiger partial charge is 0.444 e. The second-order valence-corrected chi connectivity index (χ2v) is 11.1. The molecule has 2 atom stereocenters. The second-order valence-electron chi connectivity index (χ2n) is 11.1. The van der Waals surface area contributed by atoms with Gasteiger partial charge in [0, 0.05) is 19.1 Å². The molecule has 192 valence electrons. The van der Waals surface area contributed by atoms with Crippen LogP contribution < -0.4 is 0 Å². The van der Waals surface area contributed by atoms with E-state index in [1.165, 1.54) is 6.21 Å². The topological polar surface area (TPSA) is 65.4 Å². The molecule has 3 aromatic carbocycles. The number of nitrogens with zero attached hydrogens (tertiary/aromatic N) is 3. The molecule has 0 spiro atoms. The van der Waals surface area contributed by atoms with E-state index in [0.29, 0.717) is 19.5 Å². The number of likely N-dealkylation sites (tertiary alicyclic amines) is 1. The Hall–Kier alpha value is -3.64. The number of oxime groups is 1. The molecule has 2 unspecified atom stereocenters. The molecule has 0 radical (unpaired) electrons. The minimum absolute atomic E-state index is 0.0860. The van der Waals surface area contributed by atoms with Gasteiger partial charge in [0.05, 0.1) is 17.3 Å². The summed E-state index contributed by atoms with van der Waals surface area (Å²) in [6, 6.07) is 31.5. The fourth-order valence-electron chi connectivity index (χ4n) is 6.27. The number of benzene rings is 3. The SMILES string of the molecule is CC(C)(C)OC(=O)N1C2CCC1(/C=N/O)CN(C(c1ccccc1)(c1ccccc1)c1ccccc1)C2. The number of piperazine rings is 1. The Bertz CT molecular complexity index is 1140. The first-order valence-electron chi connectivity index (χ1n) is 12.9. The van der Waals surface area contributed by atoms with E-state index < -0.39 is 16.7 Å². The molecule has 3 aromatic rings. The Morgan fingerprint density at radius 3 is 1.84 bits per heavy atom. The standard InChI is InChI=1S/C31H35N3O3/c1-29(2,3)37-28(35)34-27-19-20-30(34,22-32-36)23-33(21-27)31(24-13-7-4-8-14-24,25-15-9-5-10-16-25)26-17-11-6-12-18-26/h4-18,22,27,36H,19-21,23H2,1-3H3/b32-22+. The Labute approximate surface area is 219 Å². The lowest BCUT2D eigenvalue weighted by Gasteiger charge is -2.54. The first-order chi connectivity index (χ1) is 17.8. The van der Waals surface area contributed by atoms with Gasteiger partial charge in [0.2, 0.25) is 0 Å². The molecule has 2 aliphatic rings. The average molecular weight is 498 g/mol. The molecule has 37 heavy (non-hydrogen) atoms. The summed E-state index contributed by atoms with van der Waals surface area (Å²) in [6.07, 6.45) is 2.68. The van der Waals surface area contributed by atoms with Crippen molar-refractivity contribution in [2.75, 3.05) is 13.1 Å². The van der Waals surface area contributed by atoms with Crippen LogP contribution in [0.3, 0.4) is 0 Å². The molecule has 2 fully saturated rings. The van der Waals surface area contributed by atoms with Gasteiger partial charge >= 0.3 is 6.09 Å². The fourth-order valence-corrected chi connectivity index (χ4v) is 6.27. The molecule has 0 saturated carbocycles. The predicted molar refractivity (Wildman–Crippen MR) is 145 cm³/mol. The number of fused-ring (bicyclic) bond motifs is 2. The Balaban J connectivity index is 1.69. The van der Waals surface area contributed by atoms with Gasteiger partial charge in [0.25, 0.3) is 0 Å². The van der Waals surface area contributed by atoms with E-state index in [2.05, 4.69) is 82.9 Å². The van der Waals surface area contributed by atoms with Crippen LogP contribution in [0.4, 0.5) is 4.79 Å². The van der Waals surface area contributed by atoms with E-state index in [1.54, 1.807) is 0 Å². The highest BCUT2D eigenvalue weighted by atomic mass is 16.6. The zero-order chi connectivity index (χ0) is 26.1. The molecular formula is C31H35N3O3. The van der Waals surface area contributed by atoms with Crippen LogP contribution >= 0.6 is 0 Å². The van der Waals surface area contributed by atoms with Crippen LogP contribution in [0.25, 0.3) is 0 Å². The van der Waals surface area contributed by atoms with Gasteiger partial charge in [-0.15, -0.1) is 0 Å². The third kappa shape index (κ3) is 4.40. The summed E-state index contributed by atoms with van der Waals surface area (Å²) in [5, 5.41) is 13.3. The number of rotatable bonds is 5. The summed E-state index contributed by atoms with van der Waals surface area (Å²) in [5.74, 6) is 0. The molecule has 1 amide bonds. The zero-order valence-electron chi connectivity index (χ0n) is 21.7. The Kier molecular flexibility index (Phi) is 6.54. The lowest BCUT2D eigenvalue weighted by atomic mass is 9.74. The van der Waals surface area contributed by atoms with Crippen molar-refractivity contribution in [2.45, 2.75) is 56.3 Å². The monoisotopic (exact) mass is 497 g/mol. The molecular weight excluding hydrogens is 462 g/mol. The normalized spacial score (nSPS) is 22.4. The molecule has 1 N–H and O–H groups in total. The van der Waals surface area contributed by atoms with Gasteiger partial charge < -0.3 is 9.94 Å². The number of amides is 1. The Morgan fingerprint density at radius 1 is 0.919 bits per heavy atom. The number of hydrogen-bond donors (Lipinski definition) is 1. The van der Waals surface area contributed by atoms with Gasteiger partial charge in [-0.1, -0.05) is 96.2 Å². The summed E-state index contributed by atoms with van der Waals surface area (Å²) in [6.45, 7) is 6.77. The summed E-state index contributed by atoms with van der Waals surface area (Å²) in [4.78, 5) is 17.7. The number of carbonyl (C=O) groups is 1. The third-order valence-electron chi connectivity index (χ3n) is 7.59. The van der Waals surface area contributed by atoms with Gasteiger partial charge in [0.1, 0.15) is 5.60 Å². The van der Waals surface area contributed by atoms with Crippen molar-refractivity contribution in [1.82, 2.24) is 9.80 Å². The van der Waals surface area contributed by atoms with Crippen LogP contribution in [0.2, 0.25) is 0 Å². The maximum atomic E-state index is 13.5. The molecule has 6 nitrogen and oxygen atoms in total. The van der Waals surface area contributed by atoms with Crippen molar-refractivity contribution in [3.8, 4) is 0 Å². The van der Waals surface area contributed by atoms with Crippen molar-refractivity contribution < 1.29 is 14.7 Å². The number of carbonyl (C=O) groups excluding carboxylic acids is 1.